The second-order valence-corrected chi connectivity index (χ2v) is 6.48. The van der Waals surface area contributed by atoms with Crippen LogP contribution in [-0.2, 0) is 6.54 Å². The van der Waals surface area contributed by atoms with Crippen molar-refractivity contribution in [2.75, 3.05) is 13.1 Å². The molecule has 2 aromatic rings. The molecule has 24 heavy (non-hydrogen) atoms. The minimum Gasteiger partial charge on any atom is -0.344 e. The Morgan fingerprint density at radius 1 is 1.12 bits per heavy atom. The summed E-state index contributed by atoms with van der Waals surface area (Å²) in [5, 5.41) is 3.00. The van der Waals surface area contributed by atoms with Crippen LogP contribution in [0.15, 0.2) is 48.7 Å². The quantitative estimate of drug-likeness (QED) is 0.915. The number of likely N-dealkylation sites (tertiary alicyclic amines) is 1. The van der Waals surface area contributed by atoms with E-state index in [0.29, 0.717) is 5.56 Å². The van der Waals surface area contributed by atoms with Crippen molar-refractivity contribution in [3.8, 4) is 0 Å². The van der Waals surface area contributed by atoms with Crippen molar-refractivity contribution in [2.45, 2.75) is 38.8 Å². The molecule has 126 valence electrons. The summed E-state index contributed by atoms with van der Waals surface area (Å²) in [4.78, 5) is 19.2. The van der Waals surface area contributed by atoms with Crippen LogP contribution < -0.4 is 5.32 Å². The molecule has 1 aliphatic rings. The van der Waals surface area contributed by atoms with E-state index in [1.165, 1.54) is 37.9 Å². The topological polar surface area (TPSA) is 45.2 Å². The summed E-state index contributed by atoms with van der Waals surface area (Å²) in [7, 11) is 0. The molecular formula is C20H25N3O. The Labute approximate surface area is 143 Å². The number of piperidine rings is 1. The van der Waals surface area contributed by atoms with Gasteiger partial charge in [-0.15, -0.1) is 0 Å². The zero-order valence-electron chi connectivity index (χ0n) is 14.2. The van der Waals surface area contributed by atoms with Gasteiger partial charge in [-0.05, 0) is 62.7 Å². The summed E-state index contributed by atoms with van der Waals surface area (Å²) in [6.07, 6.45) is 5.69. The van der Waals surface area contributed by atoms with Crippen molar-refractivity contribution < 1.29 is 4.79 Å². The van der Waals surface area contributed by atoms with Gasteiger partial charge in [0.05, 0.1) is 11.7 Å². The third kappa shape index (κ3) is 4.42. The first-order chi connectivity index (χ1) is 11.7. The van der Waals surface area contributed by atoms with E-state index in [0.717, 1.165) is 12.2 Å². The molecule has 3 rings (SSSR count). The van der Waals surface area contributed by atoms with Gasteiger partial charge in [-0.3, -0.25) is 14.7 Å². The SMILES string of the molecule is CC(NC(=O)c1ccc(CN2CCCCC2)cc1)c1ccccn1. The van der Waals surface area contributed by atoms with Crippen molar-refractivity contribution in [2.24, 2.45) is 0 Å². The summed E-state index contributed by atoms with van der Waals surface area (Å²) in [5.41, 5.74) is 2.83. The first kappa shape index (κ1) is 16.7. The number of hydrogen-bond acceptors (Lipinski definition) is 3. The fourth-order valence-corrected chi connectivity index (χ4v) is 3.12. The highest BCUT2D eigenvalue weighted by Gasteiger charge is 2.13. The lowest BCUT2D eigenvalue weighted by Crippen LogP contribution is -2.29. The fraction of sp³-hybridized carbons (Fsp3) is 0.400. The highest BCUT2D eigenvalue weighted by molar-refractivity contribution is 5.94. The summed E-state index contributed by atoms with van der Waals surface area (Å²) in [5.74, 6) is -0.0577. The molecular weight excluding hydrogens is 298 g/mol. The molecule has 1 aliphatic heterocycles. The predicted octanol–water partition coefficient (Wildman–Crippen LogP) is 3.56. The first-order valence-corrected chi connectivity index (χ1v) is 8.75. The van der Waals surface area contributed by atoms with Crippen molar-refractivity contribution in [3.63, 3.8) is 0 Å². The van der Waals surface area contributed by atoms with Gasteiger partial charge < -0.3 is 5.32 Å². The highest BCUT2D eigenvalue weighted by atomic mass is 16.1. The average Bonchev–Trinajstić information content (AvgIpc) is 2.64. The van der Waals surface area contributed by atoms with Gasteiger partial charge in [0, 0.05) is 18.3 Å². The van der Waals surface area contributed by atoms with Gasteiger partial charge in [-0.2, -0.15) is 0 Å². The van der Waals surface area contributed by atoms with Crippen LogP contribution >= 0.6 is 0 Å². The van der Waals surface area contributed by atoms with E-state index in [1.54, 1.807) is 6.20 Å². The smallest absolute Gasteiger partial charge is 0.251 e. The molecule has 4 nitrogen and oxygen atoms in total. The molecule has 1 N–H and O–H groups in total. The van der Waals surface area contributed by atoms with E-state index in [1.807, 2.05) is 37.3 Å². The van der Waals surface area contributed by atoms with Crippen molar-refractivity contribution in [3.05, 3.63) is 65.5 Å². The minimum atomic E-state index is -0.105. The molecule has 1 amide bonds. The Kier molecular flexibility index (Phi) is 5.59. The van der Waals surface area contributed by atoms with Crippen molar-refractivity contribution >= 4 is 5.91 Å². The number of amides is 1. The molecule has 1 saturated heterocycles. The van der Waals surface area contributed by atoms with Crippen LogP contribution in [0, 0.1) is 0 Å². The Balaban J connectivity index is 1.57. The van der Waals surface area contributed by atoms with Crippen LogP contribution in [-0.4, -0.2) is 28.9 Å². The first-order valence-electron chi connectivity index (χ1n) is 8.75. The van der Waals surface area contributed by atoms with Gasteiger partial charge in [0.15, 0.2) is 0 Å². The maximum Gasteiger partial charge on any atom is 0.251 e. The zero-order valence-corrected chi connectivity index (χ0v) is 14.2. The van der Waals surface area contributed by atoms with Crippen molar-refractivity contribution in [1.82, 2.24) is 15.2 Å². The molecule has 0 aliphatic carbocycles. The maximum atomic E-state index is 12.4. The Bertz CT molecular complexity index is 648. The van der Waals surface area contributed by atoms with Crippen LogP contribution in [0.4, 0.5) is 0 Å². The zero-order chi connectivity index (χ0) is 16.8. The van der Waals surface area contributed by atoms with E-state index < -0.39 is 0 Å². The second kappa shape index (κ2) is 8.06. The summed E-state index contributed by atoms with van der Waals surface area (Å²) in [6, 6.07) is 13.6. The third-order valence-electron chi connectivity index (χ3n) is 4.55. The third-order valence-corrected chi connectivity index (χ3v) is 4.55. The number of benzene rings is 1. The highest BCUT2D eigenvalue weighted by Crippen LogP contribution is 2.14. The number of hydrogen-bond donors (Lipinski definition) is 1. The van der Waals surface area contributed by atoms with Crippen molar-refractivity contribution in [1.29, 1.82) is 0 Å². The number of aromatic nitrogens is 1. The largest absolute Gasteiger partial charge is 0.344 e. The van der Waals surface area contributed by atoms with Gasteiger partial charge in [0.1, 0.15) is 0 Å². The summed E-state index contributed by atoms with van der Waals surface area (Å²) in [6.45, 7) is 5.30. The number of nitrogens with zero attached hydrogens (tertiary/aromatic N) is 2. The Hall–Kier alpha value is -2.20. The van der Waals surface area contributed by atoms with Crippen LogP contribution in [0.3, 0.4) is 0 Å². The van der Waals surface area contributed by atoms with Gasteiger partial charge in [0.25, 0.3) is 5.91 Å². The monoisotopic (exact) mass is 323 g/mol. The summed E-state index contributed by atoms with van der Waals surface area (Å²) < 4.78 is 0. The molecule has 4 heteroatoms. The number of nitrogens with one attached hydrogen (secondary N) is 1. The second-order valence-electron chi connectivity index (χ2n) is 6.48. The van der Waals surface area contributed by atoms with E-state index in [-0.39, 0.29) is 11.9 Å². The van der Waals surface area contributed by atoms with E-state index in [9.17, 15) is 4.79 Å². The number of rotatable bonds is 5. The lowest BCUT2D eigenvalue weighted by molar-refractivity contribution is 0.0939. The molecule has 0 spiro atoms. The van der Waals surface area contributed by atoms with E-state index in [2.05, 4.69) is 27.3 Å². The van der Waals surface area contributed by atoms with Gasteiger partial charge >= 0.3 is 0 Å². The normalized spacial score (nSPS) is 16.5. The number of carbonyl (C=O) groups excluding carboxylic acids is 1. The molecule has 1 atom stereocenters. The van der Waals surface area contributed by atoms with E-state index >= 15 is 0 Å². The lowest BCUT2D eigenvalue weighted by atomic mass is 10.1. The number of pyridine rings is 1. The lowest BCUT2D eigenvalue weighted by Gasteiger charge is -2.26. The van der Waals surface area contributed by atoms with Crippen LogP contribution in [0.2, 0.25) is 0 Å². The molecule has 1 unspecified atom stereocenters. The average molecular weight is 323 g/mol. The Morgan fingerprint density at radius 3 is 2.54 bits per heavy atom. The van der Waals surface area contributed by atoms with E-state index in [4.69, 9.17) is 0 Å². The Morgan fingerprint density at radius 2 is 1.88 bits per heavy atom. The molecule has 0 radical (unpaired) electrons. The maximum absolute atomic E-state index is 12.4. The summed E-state index contributed by atoms with van der Waals surface area (Å²) >= 11 is 0. The molecule has 1 aromatic carbocycles. The van der Waals surface area contributed by atoms with Crippen LogP contribution in [0.25, 0.3) is 0 Å². The van der Waals surface area contributed by atoms with Crippen LogP contribution in [0.5, 0.6) is 0 Å². The van der Waals surface area contributed by atoms with Gasteiger partial charge in [-0.25, -0.2) is 0 Å². The molecule has 1 aromatic heterocycles. The predicted molar refractivity (Wildman–Crippen MR) is 95.7 cm³/mol. The van der Waals surface area contributed by atoms with Gasteiger partial charge in [0.2, 0.25) is 0 Å². The molecule has 1 fully saturated rings. The molecule has 2 heterocycles. The van der Waals surface area contributed by atoms with Crippen LogP contribution in [0.1, 0.15) is 53.8 Å². The standard InChI is InChI=1S/C20H25N3O/c1-16(19-7-3-4-12-21-19)22-20(24)18-10-8-17(9-11-18)15-23-13-5-2-6-14-23/h3-4,7-12,16H,2,5-6,13-15H2,1H3,(H,22,24). The number of carbonyl (C=O) groups is 1. The van der Waals surface area contributed by atoms with Gasteiger partial charge in [-0.1, -0.05) is 24.6 Å². The minimum absolute atomic E-state index is 0.0577. The fourth-order valence-electron chi connectivity index (χ4n) is 3.12. The molecule has 0 saturated carbocycles. The molecule has 0 bridgehead atoms.